The van der Waals surface area contributed by atoms with Crippen LogP contribution in [0, 0.1) is 0 Å². The molecule has 29 heavy (non-hydrogen) atoms. The van der Waals surface area contributed by atoms with Crippen molar-refractivity contribution in [2.75, 3.05) is 20.7 Å². The molecule has 0 spiro atoms. The van der Waals surface area contributed by atoms with Crippen LogP contribution in [-0.4, -0.2) is 45.5 Å². The number of alkyl halides is 3. The summed E-state index contributed by atoms with van der Waals surface area (Å²) in [4.78, 5) is 12.3. The first kappa shape index (κ1) is 22.9. The highest BCUT2D eigenvalue weighted by Crippen LogP contribution is 2.16. The van der Waals surface area contributed by atoms with Crippen molar-refractivity contribution in [2.24, 2.45) is 0 Å². The Labute approximate surface area is 167 Å². The lowest BCUT2D eigenvalue weighted by Gasteiger charge is -2.12. The molecule has 6 nitrogen and oxygen atoms in total. The monoisotopic (exact) mass is 430 g/mol. The van der Waals surface area contributed by atoms with E-state index in [2.05, 4.69) is 10.1 Å². The van der Waals surface area contributed by atoms with Crippen LogP contribution < -0.4 is 5.32 Å². The number of nitrogens with one attached hydrogen (secondary N) is 1. The zero-order valence-electron chi connectivity index (χ0n) is 15.9. The van der Waals surface area contributed by atoms with E-state index in [1.165, 1.54) is 38.4 Å². The standard InChI is InChI=1S/C19H21F3N2O4S/c1-24(2)29(26,27)17-9-7-16(8-10-17)18(25)23-11-14-3-5-15(6-4-14)12-28-13-19(20,21)22/h3-10H,11-13H2,1-2H3,(H,23,25). The zero-order valence-corrected chi connectivity index (χ0v) is 16.7. The zero-order chi connectivity index (χ0) is 21.7. The van der Waals surface area contributed by atoms with Gasteiger partial charge in [0.15, 0.2) is 0 Å². The quantitative estimate of drug-likeness (QED) is 0.699. The Morgan fingerprint density at radius 2 is 1.55 bits per heavy atom. The lowest BCUT2D eigenvalue weighted by atomic mass is 10.1. The van der Waals surface area contributed by atoms with E-state index in [4.69, 9.17) is 0 Å². The summed E-state index contributed by atoms with van der Waals surface area (Å²) in [5.41, 5.74) is 1.65. The molecule has 0 unspecified atom stereocenters. The van der Waals surface area contributed by atoms with E-state index in [1.54, 1.807) is 24.3 Å². The van der Waals surface area contributed by atoms with Crippen molar-refractivity contribution in [1.29, 1.82) is 0 Å². The van der Waals surface area contributed by atoms with Crippen LogP contribution in [0.3, 0.4) is 0 Å². The molecule has 0 atom stereocenters. The summed E-state index contributed by atoms with van der Waals surface area (Å²) in [5, 5.41) is 2.70. The topological polar surface area (TPSA) is 75.7 Å². The number of benzene rings is 2. The summed E-state index contributed by atoms with van der Waals surface area (Å²) in [7, 11) is -0.724. The van der Waals surface area contributed by atoms with E-state index in [9.17, 15) is 26.4 Å². The molecule has 0 aliphatic heterocycles. The molecule has 2 aromatic rings. The number of carbonyl (C=O) groups is 1. The number of nitrogens with zero attached hydrogens (tertiary/aromatic N) is 1. The maximum Gasteiger partial charge on any atom is 0.411 e. The number of sulfonamides is 1. The van der Waals surface area contributed by atoms with Gasteiger partial charge in [-0.15, -0.1) is 0 Å². The Morgan fingerprint density at radius 3 is 2.07 bits per heavy atom. The fraction of sp³-hybridized carbons (Fsp3) is 0.316. The van der Waals surface area contributed by atoms with E-state index < -0.39 is 22.8 Å². The van der Waals surface area contributed by atoms with Crippen LogP contribution in [-0.2, 0) is 27.9 Å². The molecule has 2 aromatic carbocycles. The average Bonchev–Trinajstić information content (AvgIpc) is 2.66. The van der Waals surface area contributed by atoms with Gasteiger partial charge in [0.2, 0.25) is 10.0 Å². The lowest BCUT2D eigenvalue weighted by Crippen LogP contribution is -2.24. The van der Waals surface area contributed by atoms with Gasteiger partial charge in [0.05, 0.1) is 11.5 Å². The first-order valence-electron chi connectivity index (χ1n) is 8.52. The lowest BCUT2D eigenvalue weighted by molar-refractivity contribution is -0.176. The van der Waals surface area contributed by atoms with Crippen molar-refractivity contribution in [1.82, 2.24) is 9.62 Å². The van der Waals surface area contributed by atoms with Crippen LogP contribution in [0.1, 0.15) is 21.5 Å². The summed E-state index contributed by atoms with van der Waals surface area (Å²) in [6.07, 6.45) is -4.36. The van der Waals surface area contributed by atoms with Gasteiger partial charge < -0.3 is 10.1 Å². The maximum absolute atomic E-state index is 12.2. The highest BCUT2D eigenvalue weighted by Gasteiger charge is 2.27. The van der Waals surface area contributed by atoms with Gasteiger partial charge in [0.25, 0.3) is 5.91 Å². The first-order valence-corrected chi connectivity index (χ1v) is 9.96. The number of carbonyl (C=O) groups excluding carboxylic acids is 1. The van der Waals surface area contributed by atoms with E-state index in [0.29, 0.717) is 11.1 Å². The summed E-state index contributed by atoms with van der Waals surface area (Å²) in [6.45, 7) is -1.26. The summed E-state index contributed by atoms with van der Waals surface area (Å²) in [6, 6.07) is 12.2. The summed E-state index contributed by atoms with van der Waals surface area (Å²) in [5.74, 6) is -0.378. The molecule has 0 saturated carbocycles. The van der Waals surface area contributed by atoms with E-state index in [0.717, 1.165) is 9.87 Å². The van der Waals surface area contributed by atoms with Crippen LogP contribution in [0.5, 0.6) is 0 Å². The molecule has 1 N–H and O–H groups in total. The Balaban J connectivity index is 1.89. The van der Waals surface area contributed by atoms with Crippen molar-refractivity contribution in [3.63, 3.8) is 0 Å². The van der Waals surface area contributed by atoms with Crippen LogP contribution >= 0.6 is 0 Å². The van der Waals surface area contributed by atoms with Crippen LogP contribution in [0.2, 0.25) is 0 Å². The molecule has 10 heteroatoms. The van der Waals surface area contributed by atoms with E-state index >= 15 is 0 Å². The van der Waals surface area contributed by atoms with Gasteiger partial charge in [-0.05, 0) is 35.4 Å². The minimum absolute atomic E-state index is 0.0855. The second kappa shape index (κ2) is 9.38. The third-order valence-electron chi connectivity index (χ3n) is 3.91. The van der Waals surface area contributed by atoms with E-state index in [1.807, 2.05) is 0 Å². The van der Waals surface area contributed by atoms with Gasteiger partial charge in [-0.2, -0.15) is 13.2 Å². The molecule has 0 heterocycles. The smallest absolute Gasteiger partial charge is 0.367 e. The second-order valence-corrected chi connectivity index (χ2v) is 8.57. The van der Waals surface area contributed by atoms with Crippen LogP contribution in [0.15, 0.2) is 53.4 Å². The van der Waals surface area contributed by atoms with Crippen LogP contribution in [0.4, 0.5) is 13.2 Å². The predicted octanol–water partition coefficient (Wildman–Crippen LogP) is 2.95. The van der Waals surface area contributed by atoms with Gasteiger partial charge in [0, 0.05) is 26.2 Å². The SMILES string of the molecule is CN(C)S(=O)(=O)c1ccc(C(=O)NCc2ccc(COCC(F)(F)F)cc2)cc1. The molecule has 158 valence electrons. The van der Waals surface area contributed by atoms with Gasteiger partial charge in [-0.3, -0.25) is 4.79 Å². The highest BCUT2D eigenvalue weighted by atomic mass is 32.2. The molecule has 2 rings (SSSR count). The maximum atomic E-state index is 12.2. The Bertz CT molecular complexity index is 925. The second-order valence-electron chi connectivity index (χ2n) is 6.42. The Hall–Kier alpha value is -2.43. The van der Waals surface area contributed by atoms with Gasteiger partial charge >= 0.3 is 6.18 Å². The van der Waals surface area contributed by atoms with Gasteiger partial charge in [-0.25, -0.2) is 12.7 Å². The molecule has 0 radical (unpaired) electrons. The fourth-order valence-electron chi connectivity index (χ4n) is 2.31. The molecular weight excluding hydrogens is 409 g/mol. The summed E-state index contributed by atoms with van der Waals surface area (Å²) < 4.78 is 65.9. The highest BCUT2D eigenvalue weighted by molar-refractivity contribution is 7.89. The van der Waals surface area contributed by atoms with Crippen LogP contribution in [0.25, 0.3) is 0 Å². The average molecular weight is 430 g/mol. The van der Waals surface area contributed by atoms with Crippen molar-refractivity contribution in [2.45, 2.75) is 24.2 Å². The molecule has 0 fully saturated rings. The van der Waals surface area contributed by atoms with Crippen molar-refractivity contribution < 1.29 is 31.1 Å². The Morgan fingerprint density at radius 1 is 1.00 bits per heavy atom. The molecule has 0 bridgehead atoms. The number of halogens is 3. The summed E-state index contributed by atoms with van der Waals surface area (Å²) >= 11 is 0. The number of amides is 1. The van der Waals surface area contributed by atoms with Crippen molar-refractivity contribution >= 4 is 15.9 Å². The minimum Gasteiger partial charge on any atom is -0.367 e. The van der Waals surface area contributed by atoms with Gasteiger partial charge in [0.1, 0.15) is 6.61 Å². The van der Waals surface area contributed by atoms with Crippen molar-refractivity contribution in [3.05, 3.63) is 65.2 Å². The number of hydrogen-bond acceptors (Lipinski definition) is 4. The fourth-order valence-corrected chi connectivity index (χ4v) is 3.21. The molecule has 0 saturated heterocycles. The number of hydrogen-bond donors (Lipinski definition) is 1. The third kappa shape index (κ3) is 6.84. The third-order valence-corrected chi connectivity index (χ3v) is 5.73. The first-order chi connectivity index (χ1) is 13.5. The number of ether oxygens (including phenoxy) is 1. The minimum atomic E-state index is -4.36. The molecular formula is C19H21F3N2O4S. The molecule has 1 amide bonds. The van der Waals surface area contributed by atoms with Gasteiger partial charge in [-0.1, -0.05) is 24.3 Å². The normalized spacial score (nSPS) is 12.2. The molecule has 0 aromatic heterocycles. The molecule has 0 aliphatic carbocycles. The van der Waals surface area contributed by atoms with E-state index in [-0.39, 0.29) is 24.0 Å². The number of rotatable bonds is 8. The predicted molar refractivity (Wildman–Crippen MR) is 101 cm³/mol. The Kier molecular flexibility index (Phi) is 7.39. The molecule has 0 aliphatic rings. The van der Waals surface area contributed by atoms with Crippen molar-refractivity contribution in [3.8, 4) is 0 Å². The largest absolute Gasteiger partial charge is 0.411 e.